The van der Waals surface area contributed by atoms with Gasteiger partial charge in [-0.3, -0.25) is 14.4 Å². The number of nitrogens with zero attached hydrogens (tertiary/aromatic N) is 2. The van der Waals surface area contributed by atoms with Crippen LogP contribution in [-0.4, -0.2) is 40.0 Å². The molecule has 0 saturated carbocycles. The number of carbonyl (C=O) groups excluding carboxylic acids is 2. The number of H-pyrrole nitrogens is 1. The highest BCUT2D eigenvalue weighted by Gasteiger charge is 2.11. The first-order valence-electron chi connectivity index (χ1n) is 7.77. The normalized spacial score (nSPS) is 10.2. The van der Waals surface area contributed by atoms with Crippen LogP contribution in [0.4, 0.5) is 5.69 Å². The van der Waals surface area contributed by atoms with Gasteiger partial charge in [0.05, 0.1) is 6.42 Å². The van der Waals surface area contributed by atoms with Gasteiger partial charge in [0, 0.05) is 24.8 Å². The second-order valence-corrected chi connectivity index (χ2v) is 5.20. The van der Waals surface area contributed by atoms with E-state index in [1.54, 1.807) is 29.2 Å². The highest BCUT2D eigenvalue weighted by atomic mass is 16.2. The Labute approximate surface area is 139 Å². The summed E-state index contributed by atoms with van der Waals surface area (Å²) < 4.78 is 0. The molecule has 2 N–H and O–H groups in total. The smallest absolute Gasteiger partial charge is 0.276 e. The van der Waals surface area contributed by atoms with Crippen LogP contribution in [0, 0.1) is 0 Å². The van der Waals surface area contributed by atoms with E-state index in [4.69, 9.17) is 0 Å². The third-order valence-corrected chi connectivity index (χ3v) is 3.60. The monoisotopic (exact) mass is 328 g/mol. The topological polar surface area (TPSA) is 95.2 Å². The largest absolute Gasteiger partial charge is 0.343 e. The number of rotatable bonds is 6. The molecule has 2 rings (SSSR count). The van der Waals surface area contributed by atoms with Crippen LogP contribution < -0.4 is 10.9 Å². The Bertz CT molecular complexity index is 744. The molecule has 2 amide bonds. The molecule has 1 aromatic heterocycles. The molecule has 1 aromatic carbocycles. The predicted molar refractivity (Wildman–Crippen MR) is 90.9 cm³/mol. The van der Waals surface area contributed by atoms with Crippen LogP contribution in [0.2, 0.25) is 0 Å². The number of aromatic amines is 1. The number of hydrogen-bond acceptors (Lipinski definition) is 4. The Morgan fingerprint density at radius 3 is 2.29 bits per heavy atom. The molecule has 0 aliphatic rings. The summed E-state index contributed by atoms with van der Waals surface area (Å²) in [4.78, 5) is 36.8. The van der Waals surface area contributed by atoms with E-state index >= 15 is 0 Å². The van der Waals surface area contributed by atoms with E-state index < -0.39 is 5.91 Å². The zero-order valence-electron chi connectivity index (χ0n) is 13.7. The van der Waals surface area contributed by atoms with Crippen molar-refractivity contribution in [2.75, 3.05) is 18.4 Å². The van der Waals surface area contributed by atoms with Gasteiger partial charge in [0.2, 0.25) is 5.91 Å². The van der Waals surface area contributed by atoms with Crippen molar-refractivity contribution in [3.05, 3.63) is 58.0 Å². The van der Waals surface area contributed by atoms with Gasteiger partial charge in [-0.2, -0.15) is 5.10 Å². The second kappa shape index (κ2) is 8.05. The number of amides is 2. The number of anilines is 1. The number of carbonyl (C=O) groups is 2. The summed E-state index contributed by atoms with van der Waals surface area (Å²) in [6.07, 6.45) is 0.331. The van der Waals surface area contributed by atoms with Crippen LogP contribution in [0.15, 0.2) is 41.2 Å². The molecule has 0 spiro atoms. The van der Waals surface area contributed by atoms with Gasteiger partial charge in [0.15, 0.2) is 0 Å². The molecule has 0 aliphatic heterocycles. The summed E-state index contributed by atoms with van der Waals surface area (Å²) >= 11 is 0. The zero-order chi connectivity index (χ0) is 17.5. The van der Waals surface area contributed by atoms with Crippen molar-refractivity contribution in [2.24, 2.45) is 0 Å². The summed E-state index contributed by atoms with van der Waals surface area (Å²) in [6.45, 7) is 5.28. The fourth-order valence-electron chi connectivity index (χ4n) is 2.23. The van der Waals surface area contributed by atoms with Crippen LogP contribution in [0.25, 0.3) is 0 Å². The molecule has 0 fully saturated rings. The molecular formula is C17H20N4O3. The van der Waals surface area contributed by atoms with E-state index in [1.165, 1.54) is 12.1 Å². The zero-order valence-corrected chi connectivity index (χ0v) is 13.7. The van der Waals surface area contributed by atoms with Crippen LogP contribution in [0.5, 0.6) is 0 Å². The number of nitrogens with one attached hydrogen (secondary N) is 2. The lowest BCUT2D eigenvalue weighted by Crippen LogP contribution is -2.31. The van der Waals surface area contributed by atoms with Gasteiger partial charge in [-0.1, -0.05) is 12.1 Å². The van der Waals surface area contributed by atoms with Crippen LogP contribution in [0.1, 0.15) is 29.9 Å². The summed E-state index contributed by atoms with van der Waals surface area (Å²) in [7, 11) is 0. The maximum Gasteiger partial charge on any atom is 0.276 e. The summed E-state index contributed by atoms with van der Waals surface area (Å²) in [5.41, 5.74) is 1.23. The van der Waals surface area contributed by atoms with Crippen molar-refractivity contribution < 1.29 is 9.59 Å². The Morgan fingerprint density at radius 1 is 1.08 bits per heavy atom. The molecule has 0 radical (unpaired) electrons. The van der Waals surface area contributed by atoms with Crippen molar-refractivity contribution in [1.82, 2.24) is 15.1 Å². The van der Waals surface area contributed by atoms with E-state index in [2.05, 4.69) is 15.5 Å². The van der Waals surface area contributed by atoms with Gasteiger partial charge in [0.1, 0.15) is 5.69 Å². The molecule has 0 aliphatic carbocycles. The number of likely N-dealkylation sites (N-methyl/N-ethyl adjacent to an activating group) is 1. The van der Waals surface area contributed by atoms with Crippen molar-refractivity contribution in [2.45, 2.75) is 20.3 Å². The Hall–Kier alpha value is -2.96. The van der Waals surface area contributed by atoms with Crippen molar-refractivity contribution in [3.8, 4) is 0 Å². The van der Waals surface area contributed by atoms with E-state index in [1.807, 2.05) is 13.8 Å². The molecule has 1 heterocycles. The van der Waals surface area contributed by atoms with E-state index in [-0.39, 0.29) is 17.2 Å². The second-order valence-electron chi connectivity index (χ2n) is 5.20. The van der Waals surface area contributed by atoms with Crippen LogP contribution in [-0.2, 0) is 11.2 Å². The molecule has 24 heavy (non-hydrogen) atoms. The van der Waals surface area contributed by atoms with Gasteiger partial charge >= 0.3 is 0 Å². The summed E-state index contributed by atoms with van der Waals surface area (Å²) in [6, 6.07) is 9.66. The first-order valence-corrected chi connectivity index (χ1v) is 7.77. The molecule has 0 saturated heterocycles. The molecule has 0 atom stereocenters. The van der Waals surface area contributed by atoms with Crippen molar-refractivity contribution in [1.29, 1.82) is 0 Å². The molecule has 7 heteroatoms. The quantitative estimate of drug-likeness (QED) is 0.838. The minimum atomic E-state index is -0.418. The fourth-order valence-corrected chi connectivity index (χ4v) is 2.23. The lowest BCUT2D eigenvalue weighted by atomic mass is 10.1. The molecular weight excluding hydrogens is 308 g/mol. The maximum absolute atomic E-state index is 12.1. The van der Waals surface area contributed by atoms with Crippen LogP contribution in [0.3, 0.4) is 0 Å². The molecule has 2 aromatic rings. The van der Waals surface area contributed by atoms with E-state index in [0.717, 1.165) is 5.56 Å². The lowest BCUT2D eigenvalue weighted by Gasteiger charge is -2.18. The third-order valence-electron chi connectivity index (χ3n) is 3.60. The Kier molecular flexibility index (Phi) is 5.83. The molecule has 0 unspecified atom stereocenters. The number of benzene rings is 1. The average Bonchev–Trinajstić information content (AvgIpc) is 2.58. The first-order chi connectivity index (χ1) is 11.5. The standard InChI is InChI=1S/C17H20N4O3/c1-3-21(4-2)16(23)11-12-5-7-13(8-6-12)18-17(24)14-9-10-15(22)20-19-14/h5-10H,3-4,11H2,1-2H3,(H,18,24)(H,20,22). The average molecular weight is 328 g/mol. The molecule has 126 valence electrons. The van der Waals surface area contributed by atoms with Gasteiger partial charge in [-0.25, -0.2) is 5.10 Å². The summed E-state index contributed by atoms with van der Waals surface area (Å²) in [5.74, 6) is -0.340. The molecule has 0 bridgehead atoms. The third kappa shape index (κ3) is 4.52. The SMILES string of the molecule is CCN(CC)C(=O)Cc1ccc(NC(=O)c2ccc(=O)[nH]n2)cc1. The highest BCUT2D eigenvalue weighted by Crippen LogP contribution is 2.12. The van der Waals surface area contributed by atoms with Gasteiger partial charge in [-0.15, -0.1) is 0 Å². The first kappa shape index (κ1) is 17.4. The van der Waals surface area contributed by atoms with E-state index in [0.29, 0.717) is 25.2 Å². The lowest BCUT2D eigenvalue weighted by molar-refractivity contribution is -0.130. The van der Waals surface area contributed by atoms with Crippen LogP contribution >= 0.6 is 0 Å². The number of hydrogen-bond donors (Lipinski definition) is 2. The minimum absolute atomic E-state index is 0.0780. The maximum atomic E-state index is 12.1. The van der Waals surface area contributed by atoms with Crippen molar-refractivity contribution in [3.63, 3.8) is 0 Å². The fraction of sp³-hybridized carbons (Fsp3) is 0.294. The predicted octanol–water partition coefficient (Wildman–Crippen LogP) is 1.43. The Morgan fingerprint density at radius 2 is 1.75 bits per heavy atom. The van der Waals surface area contributed by atoms with Gasteiger partial charge in [-0.05, 0) is 37.6 Å². The van der Waals surface area contributed by atoms with E-state index in [9.17, 15) is 14.4 Å². The summed E-state index contributed by atoms with van der Waals surface area (Å²) in [5, 5.41) is 8.56. The molecule has 7 nitrogen and oxygen atoms in total. The Balaban J connectivity index is 1.99. The van der Waals surface area contributed by atoms with Gasteiger partial charge in [0.25, 0.3) is 11.5 Å². The van der Waals surface area contributed by atoms with Crippen molar-refractivity contribution >= 4 is 17.5 Å². The van der Waals surface area contributed by atoms with Gasteiger partial charge < -0.3 is 10.2 Å². The minimum Gasteiger partial charge on any atom is -0.343 e. The highest BCUT2D eigenvalue weighted by molar-refractivity contribution is 6.02. The number of aromatic nitrogens is 2.